The van der Waals surface area contributed by atoms with E-state index in [0.717, 1.165) is 0 Å². The maximum absolute atomic E-state index is 2.61. The molecule has 110 valence electrons. The zero-order valence-corrected chi connectivity index (χ0v) is 16.0. The average Bonchev–Trinajstić information content (AvgIpc) is 2.40. The molecule has 0 unspecified atom stereocenters. The molecule has 0 fully saturated rings. The molecule has 0 spiro atoms. The van der Waals surface area contributed by atoms with Gasteiger partial charge in [-0.1, -0.05) is 0 Å². The zero-order chi connectivity index (χ0) is 13.8. The van der Waals surface area contributed by atoms with Crippen molar-refractivity contribution in [2.24, 2.45) is 0 Å². The Kier molecular flexibility index (Phi) is 12.8. The Morgan fingerprint density at radius 2 is 1.00 bits per heavy atom. The van der Waals surface area contributed by atoms with Crippen LogP contribution in [0.3, 0.4) is 0 Å². The van der Waals surface area contributed by atoms with Crippen LogP contribution in [0, 0.1) is 0 Å². The minimum atomic E-state index is -0.878. The van der Waals surface area contributed by atoms with Crippen molar-refractivity contribution in [1.82, 2.24) is 9.80 Å². The molecule has 0 saturated carbocycles. The van der Waals surface area contributed by atoms with E-state index in [2.05, 4.69) is 43.3 Å². The molecule has 0 aromatic carbocycles. The van der Waals surface area contributed by atoms with Crippen molar-refractivity contribution in [2.45, 2.75) is 56.8 Å². The average molecular weight is 317 g/mol. The van der Waals surface area contributed by atoms with Crippen LogP contribution < -0.4 is 0 Å². The first kappa shape index (κ1) is 18.5. The van der Waals surface area contributed by atoms with E-state index < -0.39 is 14.3 Å². The molecule has 0 aliphatic rings. The summed E-state index contributed by atoms with van der Waals surface area (Å²) in [5.41, 5.74) is 0. The molecule has 0 bridgehead atoms. The van der Waals surface area contributed by atoms with Crippen molar-refractivity contribution in [3.8, 4) is 0 Å². The Bertz CT molecular complexity index is 150. The Labute approximate surface area is 120 Å². The van der Waals surface area contributed by atoms with E-state index in [1.165, 1.54) is 52.1 Å². The van der Waals surface area contributed by atoms with Crippen molar-refractivity contribution < 1.29 is 0 Å². The van der Waals surface area contributed by atoms with Gasteiger partial charge in [0.2, 0.25) is 0 Å². The Hall–Kier alpha value is 0.463. The van der Waals surface area contributed by atoms with Crippen molar-refractivity contribution in [2.75, 3.05) is 39.3 Å². The van der Waals surface area contributed by atoms with Crippen LogP contribution in [0.1, 0.15) is 40.5 Å². The van der Waals surface area contributed by atoms with Gasteiger partial charge in [0.05, 0.1) is 0 Å². The van der Waals surface area contributed by atoms with Gasteiger partial charge in [-0.25, -0.2) is 0 Å². The normalized spacial score (nSPS) is 12.0. The fourth-order valence-corrected chi connectivity index (χ4v) is 6.85. The first-order valence-electron chi connectivity index (χ1n) is 8.12. The van der Waals surface area contributed by atoms with Gasteiger partial charge in [0.15, 0.2) is 0 Å². The van der Waals surface area contributed by atoms with Crippen LogP contribution >= 0.6 is 0 Å². The van der Waals surface area contributed by atoms with E-state index in [9.17, 15) is 0 Å². The summed E-state index contributed by atoms with van der Waals surface area (Å²) < 4.78 is 0. The second-order valence-corrected chi connectivity index (χ2v) is 12.5. The Morgan fingerprint density at radius 1 is 0.667 bits per heavy atom. The van der Waals surface area contributed by atoms with Gasteiger partial charge < -0.3 is 0 Å². The van der Waals surface area contributed by atoms with Crippen molar-refractivity contribution in [3.63, 3.8) is 0 Å². The van der Waals surface area contributed by atoms with Crippen LogP contribution in [0.15, 0.2) is 0 Å². The predicted octanol–water partition coefficient (Wildman–Crippen LogP) is 3.31. The van der Waals surface area contributed by atoms with Gasteiger partial charge in [-0.3, -0.25) is 0 Å². The molecule has 0 radical (unpaired) electrons. The molecule has 18 heavy (non-hydrogen) atoms. The number of nitrogens with zero attached hydrogens (tertiary/aromatic N) is 2. The van der Waals surface area contributed by atoms with Crippen molar-refractivity contribution >= 4 is 14.3 Å². The molecule has 3 heteroatoms. The summed E-state index contributed by atoms with van der Waals surface area (Å²) in [5.74, 6) is 2.61. The van der Waals surface area contributed by atoms with E-state index in [4.69, 9.17) is 0 Å². The predicted molar refractivity (Wildman–Crippen MR) is 87.4 cm³/mol. The van der Waals surface area contributed by atoms with Crippen molar-refractivity contribution in [3.05, 3.63) is 0 Å². The molecule has 0 aromatic heterocycles. The summed E-state index contributed by atoms with van der Waals surface area (Å²) in [7, 11) is 0. The molecule has 0 aliphatic heterocycles. The topological polar surface area (TPSA) is 6.48 Å². The SMILES string of the molecule is CCN(CC)CC[CH2][GeH]([CH3])[CH2]CCN(CC)CC. The van der Waals surface area contributed by atoms with E-state index >= 15 is 0 Å². The maximum atomic E-state index is 2.61. The van der Waals surface area contributed by atoms with Crippen LogP contribution in [-0.2, 0) is 0 Å². The molecule has 0 amide bonds. The molecule has 0 aromatic rings. The summed E-state index contributed by atoms with van der Waals surface area (Å²) in [5, 5.41) is 3.17. The van der Waals surface area contributed by atoms with Crippen molar-refractivity contribution in [1.29, 1.82) is 0 Å². The third kappa shape index (κ3) is 9.40. The molecule has 0 atom stereocenters. The second kappa shape index (κ2) is 12.5. The Morgan fingerprint density at radius 3 is 1.28 bits per heavy atom. The van der Waals surface area contributed by atoms with Gasteiger partial charge in [0.1, 0.15) is 0 Å². The molecule has 0 saturated heterocycles. The van der Waals surface area contributed by atoms with Crippen LogP contribution in [0.4, 0.5) is 0 Å². The zero-order valence-electron chi connectivity index (χ0n) is 13.5. The number of hydrogen-bond acceptors (Lipinski definition) is 2. The fourth-order valence-electron chi connectivity index (χ4n) is 2.55. The van der Waals surface area contributed by atoms with Crippen LogP contribution in [0.25, 0.3) is 0 Å². The summed E-state index contributed by atoms with van der Waals surface area (Å²) in [6.45, 7) is 16.7. The first-order valence-corrected chi connectivity index (χ1v) is 14.0. The standard InChI is InChI=1S/C15H36GeN2/c1-6-17(7-2)14-10-12-16(5)13-11-15-18(8-3)9-4/h16H,6-15H2,1-5H3. The molecular weight excluding hydrogens is 281 g/mol. The summed E-state index contributed by atoms with van der Waals surface area (Å²) >= 11 is -0.878. The monoisotopic (exact) mass is 318 g/mol. The minimum absolute atomic E-state index is 0.878. The molecule has 0 aliphatic carbocycles. The third-order valence-electron chi connectivity index (χ3n) is 4.13. The quantitative estimate of drug-likeness (QED) is 0.510. The number of rotatable bonds is 12. The summed E-state index contributed by atoms with van der Waals surface area (Å²) in [6, 6.07) is 0. The van der Waals surface area contributed by atoms with Gasteiger partial charge in [0, 0.05) is 0 Å². The Balaban J connectivity index is 3.50. The summed E-state index contributed by atoms with van der Waals surface area (Å²) in [4.78, 5) is 5.12. The molecule has 0 N–H and O–H groups in total. The van der Waals surface area contributed by atoms with E-state index in [1.54, 1.807) is 10.5 Å². The van der Waals surface area contributed by atoms with Gasteiger partial charge in [-0.05, 0) is 0 Å². The van der Waals surface area contributed by atoms with E-state index in [1.807, 2.05) is 0 Å². The molecule has 2 nitrogen and oxygen atoms in total. The van der Waals surface area contributed by atoms with E-state index in [-0.39, 0.29) is 0 Å². The summed E-state index contributed by atoms with van der Waals surface area (Å²) in [6.07, 6.45) is 2.90. The van der Waals surface area contributed by atoms with Gasteiger partial charge in [0.25, 0.3) is 0 Å². The number of hydrogen-bond donors (Lipinski definition) is 0. The molecular formula is C15H36GeN2. The molecule has 0 heterocycles. The van der Waals surface area contributed by atoms with Crippen LogP contribution in [-0.4, -0.2) is 63.4 Å². The van der Waals surface area contributed by atoms with Gasteiger partial charge in [-0.15, -0.1) is 0 Å². The fraction of sp³-hybridized carbons (Fsp3) is 1.00. The van der Waals surface area contributed by atoms with Crippen LogP contribution in [0.2, 0.25) is 16.3 Å². The van der Waals surface area contributed by atoms with Gasteiger partial charge in [-0.2, -0.15) is 0 Å². The molecule has 0 rings (SSSR count). The van der Waals surface area contributed by atoms with Crippen LogP contribution in [0.5, 0.6) is 0 Å². The second-order valence-electron chi connectivity index (χ2n) is 5.44. The van der Waals surface area contributed by atoms with Gasteiger partial charge >= 0.3 is 120 Å². The van der Waals surface area contributed by atoms with E-state index in [0.29, 0.717) is 0 Å². The first-order chi connectivity index (χ1) is 8.67. The third-order valence-corrected chi connectivity index (χ3v) is 9.98.